The molecule has 1 saturated carbocycles. The number of pyridine rings is 1. The average Bonchev–Trinajstić information content (AvgIpc) is 3.03. The van der Waals surface area contributed by atoms with Crippen molar-refractivity contribution in [2.75, 3.05) is 18.0 Å². The first-order valence-corrected chi connectivity index (χ1v) is 9.34. The molecule has 0 aromatic carbocycles. The van der Waals surface area contributed by atoms with Crippen molar-refractivity contribution in [3.63, 3.8) is 0 Å². The van der Waals surface area contributed by atoms with Crippen LogP contribution in [0.25, 0.3) is 0 Å². The third-order valence-corrected chi connectivity index (χ3v) is 5.57. The molecule has 6 nitrogen and oxygen atoms in total. The lowest BCUT2D eigenvalue weighted by Gasteiger charge is -2.35. The maximum absolute atomic E-state index is 13.9. The summed E-state index contributed by atoms with van der Waals surface area (Å²) in [6.45, 7) is 1.16. The number of carbonyl (C=O) groups is 2. The number of aliphatic carboxylic acids is 1. The SMILES string of the molecule is O=C(O)CC1(CC(=O)N[C@@H]2CCN(c3ncccc3F)C2)CCCCC1. The molecule has 3 rings (SSSR count). The fourth-order valence-electron chi connectivity index (χ4n) is 4.34. The molecule has 2 heterocycles. The van der Waals surface area contributed by atoms with Crippen LogP contribution in [0.1, 0.15) is 51.4 Å². The third kappa shape index (κ3) is 4.51. The fourth-order valence-corrected chi connectivity index (χ4v) is 4.34. The molecule has 1 aliphatic carbocycles. The lowest BCUT2D eigenvalue weighted by atomic mass is 9.69. The van der Waals surface area contributed by atoms with Crippen LogP contribution in [0.2, 0.25) is 0 Å². The Morgan fingerprint density at radius 1 is 1.31 bits per heavy atom. The van der Waals surface area contributed by atoms with E-state index in [1.54, 1.807) is 12.3 Å². The van der Waals surface area contributed by atoms with Gasteiger partial charge in [0.25, 0.3) is 0 Å². The van der Waals surface area contributed by atoms with Gasteiger partial charge in [-0.1, -0.05) is 19.3 Å². The van der Waals surface area contributed by atoms with Gasteiger partial charge in [0.1, 0.15) is 0 Å². The number of carbonyl (C=O) groups excluding carboxylic acids is 1. The number of nitrogens with one attached hydrogen (secondary N) is 1. The molecule has 2 fully saturated rings. The lowest BCUT2D eigenvalue weighted by Crippen LogP contribution is -2.41. The van der Waals surface area contributed by atoms with E-state index in [1.807, 2.05) is 4.90 Å². The summed E-state index contributed by atoms with van der Waals surface area (Å²) in [5.74, 6) is -0.972. The zero-order valence-corrected chi connectivity index (χ0v) is 14.9. The number of rotatable bonds is 6. The second kappa shape index (κ2) is 8.01. The molecule has 0 radical (unpaired) electrons. The maximum Gasteiger partial charge on any atom is 0.303 e. The summed E-state index contributed by atoms with van der Waals surface area (Å²) in [7, 11) is 0. The maximum atomic E-state index is 13.9. The number of carboxylic acids is 1. The average molecular weight is 363 g/mol. The van der Waals surface area contributed by atoms with Crippen LogP contribution < -0.4 is 10.2 Å². The number of carboxylic acid groups (broad SMARTS) is 1. The Hall–Kier alpha value is -2.18. The van der Waals surface area contributed by atoms with Crippen LogP contribution in [-0.2, 0) is 9.59 Å². The molecule has 0 spiro atoms. The van der Waals surface area contributed by atoms with E-state index in [2.05, 4.69) is 10.3 Å². The van der Waals surface area contributed by atoms with Gasteiger partial charge in [0.15, 0.2) is 11.6 Å². The van der Waals surface area contributed by atoms with E-state index in [4.69, 9.17) is 0 Å². The van der Waals surface area contributed by atoms with E-state index >= 15 is 0 Å². The molecule has 1 saturated heterocycles. The first-order chi connectivity index (χ1) is 12.5. The number of aromatic nitrogens is 1. The van der Waals surface area contributed by atoms with Gasteiger partial charge in [0.2, 0.25) is 5.91 Å². The van der Waals surface area contributed by atoms with Crippen molar-refractivity contribution in [3.05, 3.63) is 24.1 Å². The highest BCUT2D eigenvalue weighted by Gasteiger charge is 2.37. The Balaban J connectivity index is 1.56. The van der Waals surface area contributed by atoms with Crippen molar-refractivity contribution in [2.24, 2.45) is 5.41 Å². The van der Waals surface area contributed by atoms with Gasteiger partial charge in [-0.2, -0.15) is 0 Å². The Labute approximate surface area is 152 Å². The van der Waals surface area contributed by atoms with Gasteiger partial charge in [0, 0.05) is 31.7 Å². The molecule has 26 heavy (non-hydrogen) atoms. The largest absolute Gasteiger partial charge is 0.481 e. The molecule has 1 atom stereocenters. The predicted molar refractivity (Wildman–Crippen MR) is 95.3 cm³/mol. The number of halogens is 1. The molecule has 0 bridgehead atoms. The summed E-state index contributed by atoms with van der Waals surface area (Å²) >= 11 is 0. The molecule has 7 heteroatoms. The van der Waals surface area contributed by atoms with Crippen molar-refractivity contribution in [3.8, 4) is 0 Å². The second-order valence-electron chi connectivity index (χ2n) is 7.62. The highest BCUT2D eigenvalue weighted by molar-refractivity contribution is 5.78. The van der Waals surface area contributed by atoms with E-state index in [-0.39, 0.29) is 30.6 Å². The Morgan fingerprint density at radius 2 is 2.08 bits per heavy atom. The molecule has 1 amide bonds. The third-order valence-electron chi connectivity index (χ3n) is 5.57. The minimum absolute atomic E-state index is 0.0519. The second-order valence-corrected chi connectivity index (χ2v) is 7.62. The molecule has 1 aliphatic heterocycles. The van der Waals surface area contributed by atoms with E-state index in [9.17, 15) is 19.1 Å². The van der Waals surface area contributed by atoms with Crippen molar-refractivity contribution in [1.82, 2.24) is 10.3 Å². The molecule has 142 valence electrons. The van der Waals surface area contributed by atoms with Crippen LogP contribution in [0.4, 0.5) is 10.2 Å². The molecular formula is C19H26FN3O3. The monoisotopic (exact) mass is 363 g/mol. The van der Waals surface area contributed by atoms with E-state index in [0.29, 0.717) is 18.9 Å². The van der Waals surface area contributed by atoms with Crippen LogP contribution in [-0.4, -0.2) is 41.1 Å². The zero-order chi connectivity index (χ0) is 18.6. The van der Waals surface area contributed by atoms with Gasteiger partial charge in [-0.3, -0.25) is 9.59 Å². The number of amides is 1. The van der Waals surface area contributed by atoms with Crippen molar-refractivity contribution < 1.29 is 19.1 Å². The molecule has 1 aromatic heterocycles. The molecule has 2 N–H and O–H groups in total. The predicted octanol–water partition coefficient (Wildman–Crippen LogP) is 2.73. The molecule has 2 aliphatic rings. The van der Waals surface area contributed by atoms with Gasteiger partial charge in [-0.05, 0) is 36.8 Å². The number of anilines is 1. The molecule has 0 unspecified atom stereocenters. The van der Waals surface area contributed by atoms with Gasteiger partial charge >= 0.3 is 5.97 Å². The van der Waals surface area contributed by atoms with Crippen molar-refractivity contribution in [2.45, 2.75) is 57.4 Å². The first kappa shape index (κ1) is 18.6. The minimum atomic E-state index is -0.836. The Morgan fingerprint density at radius 3 is 2.77 bits per heavy atom. The first-order valence-electron chi connectivity index (χ1n) is 9.34. The van der Waals surface area contributed by atoms with Crippen LogP contribution in [0.3, 0.4) is 0 Å². The standard InChI is InChI=1S/C19H26FN3O3/c20-15-5-4-9-21-18(15)23-10-6-14(13-23)22-16(24)11-19(12-17(25)26)7-2-1-3-8-19/h4-5,9,14H,1-3,6-8,10-13H2,(H,22,24)(H,25,26)/t14-/m1/s1. The quantitative estimate of drug-likeness (QED) is 0.812. The minimum Gasteiger partial charge on any atom is -0.481 e. The Bertz CT molecular complexity index is 661. The lowest BCUT2D eigenvalue weighted by molar-refractivity contribution is -0.141. The Kier molecular flexibility index (Phi) is 5.74. The van der Waals surface area contributed by atoms with Crippen molar-refractivity contribution >= 4 is 17.7 Å². The summed E-state index contributed by atoms with van der Waals surface area (Å²) in [4.78, 5) is 29.7. The van der Waals surface area contributed by atoms with E-state index in [0.717, 1.165) is 38.5 Å². The highest BCUT2D eigenvalue weighted by Crippen LogP contribution is 2.42. The van der Waals surface area contributed by atoms with Crippen LogP contribution >= 0.6 is 0 Å². The van der Waals surface area contributed by atoms with Gasteiger partial charge in [-0.25, -0.2) is 9.37 Å². The summed E-state index contributed by atoms with van der Waals surface area (Å²) in [6, 6.07) is 2.88. The van der Waals surface area contributed by atoms with Crippen molar-refractivity contribution in [1.29, 1.82) is 0 Å². The number of hydrogen-bond acceptors (Lipinski definition) is 4. The molecule has 1 aromatic rings. The highest BCUT2D eigenvalue weighted by atomic mass is 19.1. The van der Waals surface area contributed by atoms with E-state index in [1.165, 1.54) is 6.07 Å². The summed E-state index contributed by atoms with van der Waals surface area (Å²) in [5.41, 5.74) is -0.417. The number of hydrogen-bond donors (Lipinski definition) is 2. The topological polar surface area (TPSA) is 82.5 Å². The van der Waals surface area contributed by atoms with Gasteiger partial charge in [0.05, 0.1) is 6.42 Å². The summed E-state index contributed by atoms with van der Waals surface area (Å²) < 4.78 is 13.9. The van der Waals surface area contributed by atoms with Crippen LogP contribution in [0.5, 0.6) is 0 Å². The van der Waals surface area contributed by atoms with Gasteiger partial charge in [-0.15, -0.1) is 0 Å². The molecular weight excluding hydrogens is 337 g/mol. The van der Waals surface area contributed by atoms with E-state index < -0.39 is 11.4 Å². The smallest absolute Gasteiger partial charge is 0.303 e. The van der Waals surface area contributed by atoms with Crippen LogP contribution in [0, 0.1) is 11.2 Å². The fraction of sp³-hybridized carbons (Fsp3) is 0.632. The normalized spacial score (nSPS) is 22.2. The zero-order valence-electron chi connectivity index (χ0n) is 14.9. The summed E-state index contributed by atoms with van der Waals surface area (Å²) in [6.07, 6.45) is 7.26. The van der Waals surface area contributed by atoms with Gasteiger partial charge < -0.3 is 15.3 Å². The summed E-state index contributed by atoms with van der Waals surface area (Å²) in [5, 5.41) is 12.3. The van der Waals surface area contributed by atoms with Crippen LogP contribution in [0.15, 0.2) is 18.3 Å². The number of nitrogens with zero attached hydrogens (tertiary/aromatic N) is 2.